The van der Waals surface area contributed by atoms with Crippen LogP contribution in [0.4, 0.5) is 0 Å². The van der Waals surface area contributed by atoms with E-state index in [1.54, 1.807) is 12.5 Å². The van der Waals surface area contributed by atoms with Crippen molar-refractivity contribution < 1.29 is 28.4 Å². The average molecular weight is 625 g/mol. The highest BCUT2D eigenvalue weighted by molar-refractivity contribution is 5.92. The standard InChI is InChI=1S/C40H48O6/c1-2-32(43-5-3-41-21-33-23-45-33)14-35-31(1)13-36(39-15-25-7-26(16-39)9-27(8-25)17-39)38(44-6-4-42-22-34-24-46-34)37(35)40-18-28-10-29(19-40)12-30(11-28)20-40/h1-2,13-14,23-30H,3-12,15-22H2. The first kappa shape index (κ1) is 28.3. The smallest absolute Gasteiger partial charge is 0.164 e. The van der Waals surface area contributed by atoms with Crippen LogP contribution in [0.25, 0.3) is 10.8 Å². The third-order valence-corrected chi connectivity index (χ3v) is 13.3. The highest BCUT2D eigenvalue weighted by Gasteiger charge is 2.56. The number of fused-ring (bicyclic) bond motifs is 1. The fourth-order valence-corrected chi connectivity index (χ4v) is 12.4. The molecule has 0 amide bonds. The van der Waals surface area contributed by atoms with Gasteiger partial charge in [-0.25, -0.2) is 0 Å². The zero-order chi connectivity index (χ0) is 30.3. The minimum absolute atomic E-state index is 0.188. The molecule has 10 aliphatic rings. The van der Waals surface area contributed by atoms with Crippen molar-refractivity contribution in [3.8, 4) is 11.5 Å². The van der Waals surface area contributed by atoms with Gasteiger partial charge in [-0.15, -0.1) is 0 Å². The molecular weight excluding hydrogens is 576 g/mol. The molecule has 0 N–H and O–H groups in total. The number of hydrogen-bond donors (Lipinski definition) is 0. The summed E-state index contributed by atoms with van der Waals surface area (Å²) in [4.78, 5) is 0. The molecule has 6 nitrogen and oxygen atoms in total. The average Bonchev–Trinajstić information content (AvgIpc) is 3.95. The van der Waals surface area contributed by atoms with Crippen molar-refractivity contribution >= 4 is 10.8 Å². The van der Waals surface area contributed by atoms with Crippen molar-refractivity contribution in [2.75, 3.05) is 39.6 Å². The van der Waals surface area contributed by atoms with Crippen molar-refractivity contribution in [3.05, 3.63) is 59.4 Å². The lowest BCUT2D eigenvalue weighted by atomic mass is 9.46. The topological polar surface area (TPSA) is 62.0 Å². The molecule has 12 rings (SSSR count). The van der Waals surface area contributed by atoms with Crippen LogP contribution in [0, 0.1) is 35.5 Å². The summed E-state index contributed by atoms with van der Waals surface area (Å²) in [6.07, 6.45) is 20.1. The second kappa shape index (κ2) is 10.9. The minimum Gasteiger partial charge on any atom is -0.491 e. The zero-order valence-electron chi connectivity index (χ0n) is 27.1. The zero-order valence-corrected chi connectivity index (χ0v) is 27.1. The van der Waals surface area contributed by atoms with Crippen LogP contribution in [-0.4, -0.2) is 39.6 Å². The van der Waals surface area contributed by atoms with Crippen LogP contribution in [0.1, 0.15) is 88.2 Å². The van der Waals surface area contributed by atoms with Crippen LogP contribution in [0.5, 0.6) is 11.5 Å². The van der Waals surface area contributed by atoms with Crippen molar-refractivity contribution in [2.24, 2.45) is 35.5 Å². The molecule has 8 aliphatic carbocycles. The maximum Gasteiger partial charge on any atom is 0.164 e. The Labute approximate surface area is 272 Å². The molecular formula is C40H48O6. The molecule has 244 valence electrons. The summed E-state index contributed by atoms with van der Waals surface area (Å²) in [6, 6.07) is 9.45. The maximum atomic E-state index is 7.18. The monoisotopic (exact) mass is 624 g/mol. The van der Waals surface area contributed by atoms with Gasteiger partial charge >= 0.3 is 0 Å². The van der Waals surface area contributed by atoms with Gasteiger partial charge in [-0.3, -0.25) is 0 Å². The maximum absolute atomic E-state index is 7.18. The van der Waals surface area contributed by atoms with Gasteiger partial charge in [0.15, 0.2) is 11.5 Å². The van der Waals surface area contributed by atoms with Crippen LogP contribution in [-0.2, 0) is 29.8 Å². The minimum atomic E-state index is 0.188. The summed E-state index contributed by atoms with van der Waals surface area (Å²) >= 11 is 0. The Morgan fingerprint density at radius 3 is 1.61 bits per heavy atom. The Kier molecular flexibility index (Phi) is 6.72. The predicted octanol–water partition coefficient (Wildman–Crippen LogP) is 8.31. The molecule has 0 atom stereocenters. The summed E-state index contributed by atoms with van der Waals surface area (Å²) in [6.45, 7) is 3.29. The summed E-state index contributed by atoms with van der Waals surface area (Å²) in [5.41, 5.74) is 3.50. The fourth-order valence-electron chi connectivity index (χ4n) is 12.4. The Bertz CT molecular complexity index is 1520. The number of benzene rings is 2. The summed E-state index contributed by atoms with van der Waals surface area (Å²) in [7, 11) is 0. The molecule has 8 bridgehead atoms. The van der Waals surface area contributed by atoms with Crippen LogP contribution in [0.15, 0.2) is 48.3 Å². The van der Waals surface area contributed by atoms with E-state index in [0.29, 0.717) is 39.6 Å². The van der Waals surface area contributed by atoms with E-state index in [1.807, 2.05) is 0 Å². The number of hydrogen-bond acceptors (Lipinski definition) is 6. The lowest BCUT2D eigenvalue weighted by Crippen LogP contribution is -2.50. The Hall–Kier alpha value is -2.70. The van der Waals surface area contributed by atoms with Crippen molar-refractivity contribution in [1.29, 1.82) is 0 Å². The largest absolute Gasteiger partial charge is 0.491 e. The molecule has 2 aromatic rings. The van der Waals surface area contributed by atoms with E-state index in [1.165, 1.54) is 105 Å². The van der Waals surface area contributed by atoms with Gasteiger partial charge in [-0.1, -0.05) is 6.07 Å². The first-order valence-corrected chi connectivity index (χ1v) is 18.3. The molecule has 2 aliphatic heterocycles. The van der Waals surface area contributed by atoms with Gasteiger partial charge in [0.2, 0.25) is 0 Å². The third kappa shape index (κ3) is 5.13. The Morgan fingerprint density at radius 1 is 0.587 bits per heavy atom. The highest BCUT2D eigenvalue weighted by Crippen LogP contribution is 2.66. The molecule has 6 heteroatoms. The van der Waals surface area contributed by atoms with Crippen LogP contribution >= 0.6 is 0 Å². The quantitative estimate of drug-likeness (QED) is 0.197. The van der Waals surface area contributed by atoms with Gasteiger partial charge in [0.1, 0.15) is 50.5 Å². The molecule has 2 aromatic carbocycles. The third-order valence-electron chi connectivity index (χ3n) is 13.3. The Balaban J connectivity index is 1.07. The molecule has 8 saturated carbocycles. The first-order chi connectivity index (χ1) is 22.6. The molecule has 2 heterocycles. The van der Waals surface area contributed by atoms with Gasteiger partial charge in [0, 0.05) is 16.5 Å². The molecule has 0 aromatic heterocycles. The Morgan fingerprint density at radius 2 is 1.09 bits per heavy atom. The van der Waals surface area contributed by atoms with Crippen LogP contribution in [0.3, 0.4) is 0 Å². The second-order valence-corrected chi connectivity index (χ2v) is 16.6. The molecule has 0 spiro atoms. The molecule has 0 radical (unpaired) electrons. The molecule has 46 heavy (non-hydrogen) atoms. The van der Waals surface area contributed by atoms with E-state index < -0.39 is 0 Å². The van der Waals surface area contributed by atoms with Gasteiger partial charge in [0.25, 0.3) is 0 Å². The van der Waals surface area contributed by atoms with Gasteiger partial charge in [-0.2, -0.15) is 0 Å². The van der Waals surface area contributed by atoms with E-state index >= 15 is 0 Å². The fraction of sp³-hybridized carbons (Fsp3) is 0.650. The van der Waals surface area contributed by atoms with Crippen molar-refractivity contribution in [3.63, 3.8) is 0 Å². The van der Waals surface area contributed by atoms with Crippen LogP contribution < -0.4 is 9.47 Å². The van der Waals surface area contributed by atoms with Gasteiger partial charge in [-0.05, 0) is 147 Å². The number of rotatable bonds is 14. The number of ether oxygens (including phenoxy) is 6. The molecule has 0 saturated heterocycles. The van der Waals surface area contributed by atoms with Gasteiger partial charge in [0.05, 0.1) is 13.2 Å². The van der Waals surface area contributed by atoms with Crippen molar-refractivity contribution in [2.45, 2.75) is 87.9 Å². The normalized spacial score (nSPS) is 37.1. The van der Waals surface area contributed by atoms with E-state index in [0.717, 1.165) is 52.8 Å². The SMILES string of the molecule is C1=C(COCCOc2ccc3cc(C45CC6CC(CC(C6)C4)C5)c(OCCOCC4=CO4)c(C45CC6CC(CC(C6)C4)C5)c3c2)O1. The summed E-state index contributed by atoms with van der Waals surface area (Å²) in [5.74, 6) is 9.23. The lowest BCUT2D eigenvalue weighted by Gasteiger charge is -2.59. The highest BCUT2D eigenvalue weighted by atomic mass is 16.6. The van der Waals surface area contributed by atoms with Gasteiger partial charge < -0.3 is 28.4 Å². The van der Waals surface area contributed by atoms with E-state index in [2.05, 4.69) is 24.3 Å². The van der Waals surface area contributed by atoms with E-state index in [4.69, 9.17) is 28.4 Å². The summed E-state index contributed by atoms with van der Waals surface area (Å²) < 4.78 is 35.5. The van der Waals surface area contributed by atoms with Crippen molar-refractivity contribution in [1.82, 2.24) is 0 Å². The first-order valence-electron chi connectivity index (χ1n) is 18.3. The van der Waals surface area contributed by atoms with E-state index in [9.17, 15) is 0 Å². The lowest BCUT2D eigenvalue weighted by molar-refractivity contribution is -0.0107. The molecule has 8 fully saturated rings. The van der Waals surface area contributed by atoms with Crippen LogP contribution in [0.2, 0.25) is 0 Å². The summed E-state index contributed by atoms with van der Waals surface area (Å²) in [5, 5.41) is 2.73. The predicted molar refractivity (Wildman–Crippen MR) is 175 cm³/mol. The second-order valence-electron chi connectivity index (χ2n) is 16.6. The molecule has 0 unspecified atom stereocenters. The van der Waals surface area contributed by atoms with E-state index in [-0.39, 0.29) is 10.8 Å².